The van der Waals surface area contributed by atoms with Gasteiger partial charge in [-0.25, -0.2) is 51.5 Å². The number of nitro groups is 5. The molecular weight excluding hydrogens is 1530 g/mol. The Labute approximate surface area is 627 Å². The number of nitro benzene ring substituents is 5. The molecule has 0 bridgehead atoms. The lowest BCUT2D eigenvalue weighted by Crippen LogP contribution is -2.52. The molecule has 0 heterocycles. The van der Waals surface area contributed by atoms with E-state index in [0.29, 0.717) is 51.4 Å². The first kappa shape index (κ1) is 91.1. The summed E-state index contributed by atoms with van der Waals surface area (Å²) < 4.78 is 134. The van der Waals surface area contributed by atoms with Crippen molar-refractivity contribution in [3.8, 4) is 0 Å². The van der Waals surface area contributed by atoms with Crippen LogP contribution >= 0.6 is 23.3 Å². The van der Waals surface area contributed by atoms with Crippen molar-refractivity contribution in [3.05, 3.63) is 172 Å². The summed E-state index contributed by atoms with van der Waals surface area (Å²) in [4.78, 5) is 59.0. The summed E-state index contributed by atoms with van der Waals surface area (Å²) in [5.41, 5.74) is 10.3. The van der Waals surface area contributed by atoms with Crippen molar-refractivity contribution < 1.29 is 76.6 Å². The molecule has 0 saturated heterocycles. The third kappa shape index (κ3) is 28.4. The van der Waals surface area contributed by atoms with E-state index in [0.717, 1.165) is 168 Å². The van der Waals surface area contributed by atoms with Crippen LogP contribution in [0.4, 0.5) is 28.4 Å². The Kier molecular flexibility index (Phi) is 37.0. The summed E-state index contributed by atoms with van der Waals surface area (Å²) in [6.45, 7) is 2.32. The number of halogens is 1. The number of benzene rings is 5. The standard InChI is InChI=1S/C21H26N4O8S2.C19H22N4O8S2.C10H21N.C7H16N2.C6H4ClNO4S.C2H4O2S/c1-22(34(30,31)18-12-8-16(9-13-18)24(26)27)20-6-4-3-5-7-21(20)23(2)35(32,33)19-14-10-17(11-15-19)25(28)29;24-22(25)14-6-10-16(11-7-14)32(28,29)20-18-4-2-1-3-5-19(18)21-33(30,31)17-12-8-15(9-13-17)23(26)27;1-3-9-7-5-4-6-8-10(9)11-2;8-6-4-2-1-3-5-7(6)9;7-13(11,12)6-3-1-5(2-4-6)8(9)10;3-2(4)1-5/h8-15,20-21H,3-7H2,1-2H3;6-13,18-21H,1-5H2;9-11H,3-8H2,1-2H3;6-7H,1-5,8-9H2;1-4H;5H,1H2,(H,3,4)/t20-,21-;18-,19-;9-,10-;6-,7-;;/m0000../s1. The minimum Gasteiger partial charge on any atom is -0.481 e. The number of hydrogen-bond donors (Lipinski definition) is 7. The largest absolute Gasteiger partial charge is 0.481 e. The molecule has 34 nitrogen and oxygen atoms in total. The maximum atomic E-state index is 13.3. The summed E-state index contributed by atoms with van der Waals surface area (Å²) in [7, 11) is -10.2. The zero-order valence-electron chi connectivity index (χ0n) is 58.9. The number of aliphatic carboxylic acids is 1. The second kappa shape index (κ2) is 43.0. The second-order valence-corrected chi connectivity index (χ2v) is 35.6. The lowest BCUT2D eigenvalue weighted by atomic mass is 9.92. The summed E-state index contributed by atoms with van der Waals surface area (Å²) in [6, 6.07) is 20.7. The van der Waals surface area contributed by atoms with E-state index in [1.807, 2.05) is 0 Å². The van der Waals surface area contributed by atoms with E-state index in [-0.39, 0.29) is 70.8 Å². The number of carboxylic acids is 1. The topological polar surface area (TPSA) is 518 Å². The van der Waals surface area contributed by atoms with Gasteiger partial charge >= 0.3 is 5.97 Å². The Morgan fingerprint density at radius 1 is 0.443 bits per heavy atom. The van der Waals surface area contributed by atoms with Crippen LogP contribution < -0.4 is 26.2 Å². The van der Waals surface area contributed by atoms with Crippen LogP contribution in [0.2, 0.25) is 0 Å². The van der Waals surface area contributed by atoms with E-state index in [2.05, 4.69) is 41.4 Å². The highest BCUT2D eigenvalue weighted by atomic mass is 35.7. The molecule has 0 spiro atoms. The average Bonchev–Trinajstić information content (AvgIpc) is 1.09. The monoisotopic (exact) mass is 1620 g/mol. The molecule has 5 aromatic rings. The van der Waals surface area contributed by atoms with Gasteiger partial charge in [0.15, 0.2) is 0 Å². The first-order valence-electron chi connectivity index (χ1n) is 33.9. The highest BCUT2D eigenvalue weighted by molar-refractivity contribution is 8.13. The number of sulfonamides is 4. The van der Waals surface area contributed by atoms with E-state index < -0.39 is 104 Å². The van der Waals surface area contributed by atoms with Crippen LogP contribution in [-0.2, 0) is 53.9 Å². The fourth-order valence-electron chi connectivity index (χ4n) is 12.3. The number of likely N-dealkylation sites (N-methyl/N-ethyl adjacent to an activating group) is 2. The maximum absolute atomic E-state index is 13.3. The molecule has 0 unspecified atom stereocenters. The lowest BCUT2D eigenvalue weighted by molar-refractivity contribution is -0.385. The van der Waals surface area contributed by atoms with Crippen molar-refractivity contribution in [2.45, 2.75) is 209 Å². The fourth-order valence-corrected chi connectivity index (χ4v) is 18.5. The number of carbonyl (C=O) groups is 1. The SMILES string of the molecule is CC[C@H]1CCCCC[C@@H]1NC.CN([C@H]1CCCCC[C@@H]1N(C)S(=O)(=O)c1ccc([N+](=O)[O-])cc1)S(=O)(=O)c1ccc([N+](=O)[O-])cc1.N[C@H]1CCCCC[C@@H]1N.O=C(O)CS.O=[N+]([O-])c1ccc(S(=O)(=O)Cl)cc1.O=[N+]([O-])c1ccc(S(=O)(=O)N[C@H]2CCCCC[C@@H]2NS(=O)(=O)c2ccc([N+](=O)[O-])cc2)cc1. The van der Waals surface area contributed by atoms with Gasteiger partial charge in [0.1, 0.15) is 0 Å². The first-order chi connectivity index (χ1) is 49.7. The Balaban J connectivity index is 0.000000303. The van der Waals surface area contributed by atoms with Crippen molar-refractivity contribution in [1.29, 1.82) is 0 Å². The van der Waals surface area contributed by atoms with Gasteiger partial charge in [0.05, 0.1) is 54.8 Å². The van der Waals surface area contributed by atoms with Gasteiger partial charge in [-0.15, -0.1) is 0 Å². The molecule has 0 amide bonds. The molecule has 4 saturated carbocycles. The van der Waals surface area contributed by atoms with Gasteiger partial charge in [-0.2, -0.15) is 21.2 Å². The Morgan fingerprint density at radius 2 is 0.689 bits per heavy atom. The molecule has 588 valence electrons. The summed E-state index contributed by atoms with van der Waals surface area (Å²) in [5, 5.41) is 64.7. The fraction of sp³-hybridized carbons (Fsp3) is 0.523. The molecule has 4 aliphatic rings. The Hall–Kier alpha value is -7.32. The smallest absolute Gasteiger partial charge is 0.313 e. The normalized spacial score (nSPS) is 20.9. The van der Waals surface area contributed by atoms with Crippen LogP contribution in [-0.4, -0.2) is 156 Å². The van der Waals surface area contributed by atoms with Crippen LogP contribution in [0, 0.1) is 56.5 Å². The molecule has 4 fully saturated rings. The van der Waals surface area contributed by atoms with E-state index in [1.165, 1.54) is 71.9 Å². The summed E-state index contributed by atoms with van der Waals surface area (Å²) in [6.07, 6.45) is 20.7. The molecule has 0 aliphatic heterocycles. The van der Waals surface area contributed by atoms with Crippen LogP contribution in [0.15, 0.2) is 146 Å². The Bertz CT molecular complexity index is 4080. The zero-order chi connectivity index (χ0) is 79.3. The number of non-ortho nitro benzene ring substituents is 5. The van der Waals surface area contributed by atoms with Crippen LogP contribution in [0.3, 0.4) is 0 Å². The molecule has 8 atom stereocenters. The molecule has 0 aromatic heterocycles. The predicted molar refractivity (Wildman–Crippen MR) is 401 cm³/mol. The number of thiol groups is 1. The van der Waals surface area contributed by atoms with Gasteiger partial charge in [-0.05, 0) is 125 Å². The molecule has 4 aliphatic carbocycles. The highest BCUT2D eigenvalue weighted by Gasteiger charge is 2.41. The van der Waals surface area contributed by atoms with E-state index in [4.69, 9.17) is 27.3 Å². The van der Waals surface area contributed by atoms with Gasteiger partial charge < -0.3 is 21.9 Å². The van der Waals surface area contributed by atoms with Crippen molar-refractivity contribution in [2.75, 3.05) is 26.9 Å². The number of nitrogens with zero attached hydrogens (tertiary/aromatic N) is 7. The highest BCUT2D eigenvalue weighted by Crippen LogP contribution is 2.34. The van der Waals surface area contributed by atoms with Crippen LogP contribution in [0.1, 0.15) is 142 Å². The zero-order valence-corrected chi connectivity index (χ0v) is 64.6. The lowest BCUT2D eigenvalue weighted by Gasteiger charge is -2.37. The van der Waals surface area contributed by atoms with Crippen LogP contribution in [0.25, 0.3) is 0 Å². The van der Waals surface area contributed by atoms with E-state index in [9.17, 15) is 97.5 Å². The van der Waals surface area contributed by atoms with E-state index in [1.54, 1.807) is 0 Å². The van der Waals surface area contributed by atoms with Gasteiger partial charge in [0.25, 0.3) is 37.5 Å². The number of nitrogens with two attached hydrogens (primary N) is 2. The third-order valence-corrected chi connectivity index (χ3v) is 26.8. The number of carboxylic acid groups (broad SMARTS) is 1. The summed E-state index contributed by atoms with van der Waals surface area (Å²) in [5.74, 6) is -0.0177. The van der Waals surface area contributed by atoms with E-state index >= 15 is 0 Å². The van der Waals surface area contributed by atoms with Gasteiger partial charge in [0.2, 0.25) is 40.1 Å². The second-order valence-electron chi connectivity index (χ2n) is 25.3. The molecule has 0 radical (unpaired) electrons. The maximum Gasteiger partial charge on any atom is 0.313 e. The quantitative estimate of drug-likeness (QED) is 0.0118. The third-order valence-electron chi connectivity index (χ3n) is 18.3. The van der Waals surface area contributed by atoms with Crippen molar-refractivity contribution >= 4 is 107 Å². The molecule has 9 rings (SSSR count). The first-order valence-corrected chi connectivity index (χ1v) is 42.7. The minimum absolute atomic E-state index is 0.0833. The summed E-state index contributed by atoms with van der Waals surface area (Å²) >= 11 is 3.42. The van der Waals surface area contributed by atoms with Crippen molar-refractivity contribution in [3.63, 3.8) is 0 Å². The molecule has 106 heavy (non-hydrogen) atoms. The Morgan fingerprint density at radius 3 is 0.943 bits per heavy atom. The number of hydrogen-bond acceptors (Lipinski definition) is 25. The minimum atomic E-state index is -4.07. The molecule has 41 heteroatoms. The number of nitrogens with one attached hydrogen (secondary N) is 3. The van der Waals surface area contributed by atoms with Crippen molar-refractivity contribution in [1.82, 2.24) is 23.4 Å². The van der Waals surface area contributed by atoms with Gasteiger partial charge in [-0.1, -0.05) is 90.4 Å². The van der Waals surface area contributed by atoms with Gasteiger partial charge in [0, 0.05) is 128 Å². The van der Waals surface area contributed by atoms with Crippen molar-refractivity contribution in [2.24, 2.45) is 17.4 Å². The average molecular weight is 1620 g/mol. The molecular formula is C65H93ClN12O22S6. The number of rotatable bonds is 21. The molecule has 5 aromatic carbocycles. The van der Waals surface area contributed by atoms with Crippen LogP contribution in [0.5, 0.6) is 0 Å². The predicted octanol–water partition coefficient (Wildman–Crippen LogP) is 10.3. The molecule has 8 N–H and O–H groups in total. The van der Waals surface area contributed by atoms with Gasteiger partial charge in [-0.3, -0.25) is 55.4 Å².